The largest absolute Gasteiger partial charge is 0.493 e. The van der Waals surface area contributed by atoms with Crippen molar-refractivity contribution in [3.05, 3.63) is 57.6 Å². The Bertz CT molecular complexity index is 857. The summed E-state index contributed by atoms with van der Waals surface area (Å²) in [5.74, 6) is 0.866. The standard InChI is InChI=1S/C19H21N3O6/c1-4-8-28-18-16(26-2)9-13(10-17(18)27-3)12-20-21-19(23)14-6-5-7-15(11-14)22(24)25/h5-7,9-12H,4,8H2,1-3H3,(H,21,23)/b20-12+. The number of carbonyl (C=O) groups is 1. The Hall–Kier alpha value is -3.62. The molecular formula is C19H21N3O6. The van der Waals surface area contributed by atoms with Crippen LogP contribution < -0.4 is 19.6 Å². The van der Waals surface area contributed by atoms with Gasteiger partial charge in [-0.1, -0.05) is 13.0 Å². The van der Waals surface area contributed by atoms with Crippen LogP contribution in [0.3, 0.4) is 0 Å². The van der Waals surface area contributed by atoms with Gasteiger partial charge in [0.15, 0.2) is 11.5 Å². The van der Waals surface area contributed by atoms with E-state index in [-0.39, 0.29) is 11.3 Å². The molecule has 0 spiro atoms. The van der Waals surface area contributed by atoms with E-state index in [1.165, 1.54) is 44.7 Å². The monoisotopic (exact) mass is 387 g/mol. The number of methoxy groups -OCH3 is 2. The number of rotatable bonds is 9. The summed E-state index contributed by atoms with van der Waals surface area (Å²) in [4.78, 5) is 22.3. The van der Waals surface area contributed by atoms with Gasteiger partial charge in [-0.15, -0.1) is 0 Å². The van der Waals surface area contributed by atoms with Crippen molar-refractivity contribution in [2.75, 3.05) is 20.8 Å². The number of non-ortho nitro benzene ring substituents is 1. The molecule has 28 heavy (non-hydrogen) atoms. The second kappa shape index (κ2) is 9.91. The van der Waals surface area contributed by atoms with Crippen LogP contribution in [0.1, 0.15) is 29.3 Å². The lowest BCUT2D eigenvalue weighted by Crippen LogP contribution is -2.17. The summed E-state index contributed by atoms with van der Waals surface area (Å²) in [5, 5.41) is 14.7. The highest BCUT2D eigenvalue weighted by atomic mass is 16.6. The van der Waals surface area contributed by atoms with E-state index in [2.05, 4.69) is 10.5 Å². The van der Waals surface area contributed by atoms with Gasteiger partial charge in [0, 0.05) is 23.3 Å². The normalized spacial score (nSPS) is 10.5. The zero-order chi connectivity index (χ0) is 20.5. The van der Waals surface area contributed by atoms with Gasteiger partial charge in [0.25, 0.3) is 11.6 Å². The fourth-order valence-corrected chi connectivity index (χ4v) is 2.31. The number of hydrazone groups is 1. The van der Waals surface area contributed by atoms with Crippen LogP contribution in [-0.4, -0.2) is 37.9 Å². The first-order valence-electron chi connectivity index (χ1n) is 8.46. The van der Waals surface area contributed by atoms with Crippen LogP contribution >= 0.6 is 0 Å². The van der Waals surface area contributed by atoms with E-state index < -0.39 is 10.8 Å². The van der Waals surface area contributed by atoms with Crippen LogP contribution in [0.4, 0.5) is 5.69 Å². The van der Waals surface area contributed by atoms with Crippen molar-refractivity contribution in [2.45, 2.75) is 13.3 Å². The first-order valence-corrected chi connectivity index (χ1v) is 8.46. The highest BCUT2D eigenvalue weighted by Gasteiger charge is 2.14. The minimum Gasteiger partial charge on any atom is -0.493 e. The Labute approximate surface area is 162 Å². The molecule has 0 fully saturated rings. The molecule has 2 aromatic rings. The average Bonchev–Trinajstić information content (AvgIpc) is 2.71. The number of hydrogen-bond acceptors (Lipinski definition) is 7. The Morgan fingerprint density at radius 3 is 2.46 bits per heavy atom. The summed E-state index contributed by atoms with van der Waals surface area (Å²) in [6.45, 7) is 2.50. The van der Waals surface area contributed by atoms with Gasteiger partial charge in [0.05, 0.1) is 32.0 Å². The highest BCUT2D eigenvalue weighted by Crippen LogP contribution is 2.38. The maximum atomic E-state index is 12.1. The van der Waals surface area contributed by atoms with E-state index in [0.29, 0.717) is 29.4 Å². The van der Waals surface area contributed by atoms with Crippen LogP contribution in [0.5, 0.6) is 17.2 Å². The topological polar surface area (TPSA) is 112 Å². The maximum absolute atomic E-state index is 12.1. The molecule has 1 N–H and O–H groups in total. The van der Waals surface area contributed by atoms with Crippen molar-refractivity contribution in [1.29, 1.82) is 0 Å². The molecule has 9 heteroatoms. The van der Waals surface area contributed by atoms with Gasteiger partial charge in [-0.2, -0.15) is 5.10 Å². The minimum absolute atomic E-state index is 0.129. The summed E-state index contributed by atoms with van der Waals surface area (Å²) < 4.78 is 16.3. The second-order valence-electron chi connectivity index (χ2n) is 5.61. The lowest BCUT2D eigenvalue weighted by atomic mass is 10.2. The lowest BCUT2D eigenvalue weighted by Gasteiger charge is -2.14. The number of benzene rings is 2. The van der Waals surface area contributed by atoms with E-state index in [1.54, 1.807) is 12.1 Å². The van der Waals surface area contributed by atoms with Gasteiger partial charge in [-0.25, -0.2) is 5.43 Å². The Morgan fingerprint density at radius 1 is 1.21 bits per heavy atom. The van der Waals surface area contributed by atoms with Gasteiger partial charge in [-0.05, 0) is 24.6 Å². The van der Waals surface area contributed by atoms with Crippen molar-refractivity contribution in [1.82, 2.24) is 5.43 Å². The summed E-state index contributed by atoms with van der Waals surface area (Å²) >= 11 is 0. The van der Waals surface area contributed by atoms with E-state index in [1.807, 2.05) is 6.92 Å². The number of nitrogens with one attached hydrogen (secondary N) is 1. The van der Waals surface area contributed by atoms with Crippen molar-refractivity contribution in [3.63, 3.8) is 0 Å². The Morgan fingerprint density at radius 2 is 1.89 bits per heavy atom. The molecule has 0 radical (unpaired) electrons. The fraction of sp³-hybridized carbons (Fsp3) is 0.263. The van der Waals surface area contributed by atoms with Crippen LogP contribution in [0.2, 0.25) is 0 Å². The van der Waals surface area contributed by atoms with Gasteiger partial charge in [0.2, 0.25) is 5.75 Å². The van der Waals surface area contributed by atoms with Crippen molar-refractivity contribution < 1.29 is 23.9 Å². The first kappa shape index (κ1) is 20.7. The zero-order valence-corrected chi connectivity index (χ0v) is 15.8. The third kappa shape index (κ3) is 5.19. The number of ether oxygens (including phenoxy) is 3. The summed E-state index contributed by atoms with van der Waals surface area (Å²) in [7, 11) is 3.02. The molecule has 148 valence electrons. The van der Waals surface area contributed by atoms with Gasteiger partial charge < -0.3 is 14.2 Å². The quantitative estimate of drug-likeness (QED) is 0.402. The molecule has 0 aromatic heterocycles. The smallest absolute Gasteiger partial charge is 0.271 e. The first-order chi connectivity index (χ1) is 13.5. The molecule has 2 aromatic carbocycles. The summed E-state index contributed by atoms with van der Waals surface area (Å²) in [5.41, 5.74) is 2.90. The van der Waals surface area contributed by atoms with E-state index in [0.717, 1.165) is 6.42 Å². The third-order valence-corrected chi connectivity index (χ3v) is 3.63. The van der Waals surface area contributed by atoms with E-state index >= 15 is 0 Å². The van der Waals surface area contributed by atoms with Gasteiger partial charge in [-0.3, -0.25) is 14.9 Å². The average molecular weight is 387 g/mol. The predicted octanol–water partition coefficient (Wildman–Crippen LogP) is 3.16. The molecule has 0 saturated heterocycles. The van der Waals surface area contributed by atoms with E-state index in [9.17, 15) is 14.9 Å². The molecule has 0 aliphatic carbocycles. The van der Waals surface area contributed by atoms with Gasteiger partial charge >= 0.3 is 0 Å². The molecule has 2 rings (SSSR count). The highest BCUT2D eigenvalue weighted by molar-refractivity contribution is 5.95. The van der Waals surface area contributed by atoms with Crippen LogP contribution in [0.25, 0.3) is 0 Å². The number of amides is 1. The van der Waals surface area contributed by atoms with Crippen molar-refractivity contribution >= 4 is 17.8 Å². The number of carbonyl (C=O) groups excluding carboxylic acids is 1. The fourth-order valence-electron chi connectivity index (χ4n) is 2.31. The van der Waals surface area contributed by atoms with E-state index in [4.69, 9.17) is 14.2 Å². The van der Waals surface area contributed by atoms with Crippen LogP contribution in [-0.2, 0) is 0 Å². The van der Waals surface area contributed by atoms with Crippen LogP contribution in [0, 0.1) is 10.1 Å². The predicted molar refractivity (Wildman–Crippen MR) is 103 cm³/mol. The van der Waals surface area contributed by atoms with Gasteiger partial charge in [0.1, 0.15) is 0 Å². The number of hydrogen-bond donors (Lipinski definition) is 1. The third-order valence-electron chi connectivity index (χ3n) is 3.63. The molecular weight excluding hydrogens is 366 g/mol. The molecule has 0 unspecified atom stereocenters. The number of nitro benzene ring substituents is 1. The van der Waals surface area contributed by atoms with Crippen molar-refractivity contribution in [3.8, 4) is 17.2 Å². The second-order valence-corrected chi connectivity index (χ2v) is 5.61. The number of nitrogens with zero attached hydrogens (tertiary/aromatic N) is 2. The SMILES string of the molecule is CCCOc1c(OC)cc(/C=N/NC(=O)c2cccc([N+](=O)[O-])c2)cc1OC. The molecule has 0 heterocycles. The molecule has 0 atom stereocenters. The molecule has 1 amide bonds. The zero-order valence-electron chi connectivity index (χ0n) is 15.8. The molecule has 0 aliphatic rings. The lowest BCUT2D eigenvalue weighted by molar-refractivity contribution is -0.384. The molecule has 0 bridgehead atoms. The summed E-state index contributed by atoms with van der Waals surface area (Å²) in [6, 6.07) is 8.76. The Balaban J connectivity index is 2.16. The van der Waals surface area contributed by atoms with Crippen LogP contribution in [0.15, 0.2) is 41.5 Å². The Kier molecular flexibility index (Phi) is 7.32. The molecule has 0 aliphatic heterocycles. The molecule has 0 saturated carbocycles. The summed E-state index contributed by atoms with van der Waals surface area (Å²) in [6.07, 6.45) is 2.24. The number of nitro groups is 1. The minimum atomic E-state index is -0.569. The molecule has 9 nitrogen and oxygen atoms in total. The van der Waals surface area contributed by atoms with Crippen molar-refractivity contribution in [2.24, 2.45) is 5.10 Å². The maximum Gasteiger partial charge on any atom is 0.271 e.